The van der Waals surface area contributed by atoms with Crippen molar-refractivity contribution in [2.24, 2.45) is 17.6 Å². The summed E-state index contributed by atoms with van der Waals surface area (Å²) in [6.07, 6.45) is 9.46. The zero-order chi connectivity index (χ0) is 13.0. The minimum absolute atomic E-state index is 0.292. The highest BCUT2D eigenvalue weighted by molar-refractivity contribution is 5.79. The smallest absolute Gasteiger partial charge is 0.225 e. The topological polar surface area (TPSA) is 46.3 Å². The number of likely N-dealkylation sites (tertiary alicyclic amines) is 1. The van der Waals surface area contributed by atoms with Crippen molar-refractivity contribution in [2.75, 3.05) is 13.1 Å². The van der Waals surface area contributed by atoms with E-state index in [2.05, 4.69) is 11.8 Å². The molecule has 1 atom stereocenters. The van der Waals surface area contributed by atoms with Gasteiger partial charge in [0.1, 0.15) is 0 Å². The van der Waals surface area contributed by atoms with Crippen molar-refractivity contribution in [1.82, 2.24) is 4.90 Å². The molecule has 2 fully saturated rings. The second kappa shape index (κ2) is 6.55. The summed E-state index contributed by atoms with van der Waals surface area (Å²) in [5.41, 5.74) is 5.81. The Kier molecular flexibility index (Phi) is 5.04. The molecular weight excluding hydrogens is 224 g/mol. The molecule has 0 radical (unpaired) electrons. The van der Waals surface area contributed by atoms with Crippen molar-refractivity contribution in [3.8, 4) is 0 Å². The van der Waals surface area contributed by atoms with Gasteiger partial charge < -0.3 is 10.6 Å². The van der Waals surface area contributed by atoms with Crippen molar-refractivity contribution in [3.63, 3.8) is 0 Å². The van der Waals surface area contributed by atoms with Crippen LogP contribution in [0.25, 0.3) is 0 Å². The van der Waals surface area contributed by atoms with E-state index in [9.17, 15) is 4.79 Å². The zero-order valence-corrected chi connectivity index (χ0v) is 11.7. The molecule has 0 bridgehead atoms. The predicted octanol–water partition coefficient (Wildman–Crippen LogP) is 2.54. The van der Waals surface area contributed by atoms with Gasteiger partial charge in [-0.1, -0.05) is 13.3 Å². The molecule has 3 nitrogen and oxygen atoms in total. The monoisotopic (exact) mass is 252 g/mol. The number of piperidine rings is 1. The van der Waals surface area contributed by atoms with Crippen LogP contribution in [-0.4, -0.2) is 29.9 Å². The lowest BCUT2D eigenvalue weighted by atomic mass is 9.80. The largest absolute Gasteiger partial charge is 0.338 e. The second-order valence-electron chi connectivity index (χ2n) is 6.04. The molecule has 1 aliphatic carbocycles. The van der Waals surface area contributed by atoms with E-state index in [1.807, 2.05) is 0 Å². The zero-order valence-electron chi connectivity index (χ0n) is 11.7. The van der Waals surface area contributed by atoms with Gasteiger partial charge in [-0.25, -0.2) is 0 Å². The molecule has 1 amide bonds. The van der Waals surface area contributed by atoms with Crippen LogP contribution < -0.4 is 5.73 Å². The van der Waals surface area contributed by atoms with E-state index < -0.39 is 0 Å². The van der Waals surface area contributed by atoms with Crippen molar-refractivity contribution < 1.29 is 4.79 Å². The average Bonchev–Trinajstić information content (AvgIpc) is 2.46. The van der Waals surface area contributed by atoms with Gasteiger partial charge in [-0.3, -0.25) is 4.79 Å². The first-order chi connectivity index (χ1) is 8.76. The number of nitrogens with zero attached hydrogens (tertiary/aromatic N) is 1. The molecule has 3 heteroatoms. The van der Waals surface area contributed by atoms with E-state index in [4.69, 9.17) is 5.73 Å². The van der Waals surface area contributed by atoms with Crippen LogP contribution in [0.15, 0.2) is 0 Å². The van der Waals surface area contributed by atoms with Gasteiger partial charge in [0.25, 0.3) is 0 Å². The summed E-state index contributed by atoms with van der Waals surface area (Å²) in [6.45, 7) is 3.84. The molecular formula is C15H28N2O. The van der Waals surface area contributed by atoms with Crippen molar-refractivity contribution in [2.45, 2.75) is 64.3 Å². The molecule has 0 aromatic heterocycles. The molecule has 1 saturated carbocycles. The highest BCUT2D eigenvalue weighted by Gasteiger charge is 2.32. The quantitative estimate of drug-likeness (QED) is 0.839. The number of amides is 1. The van der Waals surface area contributed by atoms with Gasteiger partial charge in [0.05, 0.1) is 0 Å². The van der Waals surface area contributed by atoms with Crippen LogP contribution in [-0.2, 0) is 4.79 Å². The summed E-state index contributed by atoms with van der Waals surface area (Å²) >= 11 is 0. The van der Waals surface area contributed by atoms with E-state index in [1.54, 1.807) is 0 Å². The fourth-order valence-electron chi connectivity index (χ4n) is 3.59. The van der Waals surface area contributed by atoms with Gasteiger partial charge in [0, 0.05) is 25.0 Å². The van der Waals surface area contributed by atoms with Gasteiger partial charge in [-0.15, -0.1) is 0 Å². The fourth-order valence-corrected chi connectivity index (χ4v) is 3.59. The third kappa shape index (κ3) is 3.05. The highest BCUT2D eigenvalue weighted by atomic mass is 16.2. The molecule has 2 rings (SSSR count). The minimum atomic E-state index is 0.292. The maximum atomic E-state index is 12.6. The lowest BCUT2D eigenvalue weighted by molar-refractivity contribution is -0.140. The van der Waals surface area contributed by atoms with E-state index in [1.165, 1.54) is 25.7 Å². The molecule has 2 aliphatic rings. The Hall–Kier alpha value is -0.570. The number of carbonyl (C=O) groups is 1. The number of hydrogen-bond acceptors (Lipinski definition) is 2. The minimum Gasteiger partial charge on any atom is -0.338 e. The Labute approximate surface area is 111 Å². The van der Waals surface area contributed by atoms with Gasteiger partial charge in [-0.2, -0.15) is 0 Å². The first-order valence-electron chi connectivity index (χ1n) is 7.76. The lowest BCUT2D eigenvalue weighted by Gasteiger charge is -2.39. The number of nitrogens with two attached hydrogens (primary N) is 1. The Bertz CT molecular complexity index is 272. The lowest BCUT2D eigenvalue weighted by Crippen LogP contribution is -2.50. The Morgan fingerprint density at radius 1 is 1.17 bits per heavy atom. The maximum Gasteiger partial charge on any atom is 0.225 e. The third-order valence-electron chi connectivity index (χ3n) is 4.96. The predicted molar refractivity (Wildman–Crippen MR) is 74.1 cm³/mol. The summed E-state index contributed by atoms with van der Waals surface area (Å²) in [4.78, 5) is 14.7. The SMILES string of the molecule is CCC1CCC(C(=O)N2CCCCC2CN)CC1. The van der Waals surface area contributed by atoms with Gasteiger partial charge in [0.15, 0.2) is 0 Å². The Morgan fingerprint density at radius 3 is 2.50 bits per heavy atom. The Morgan fingerprint density at radius 2 is 1.89 bits per heavy atom. The van der Waals surface area contributed by atoms with Gasteiger partial charge in [-0.05, 0) is 50.9 Å². The molecule has 1 aliphatic heterocycles. The maximum absolute atomic E-state index is 12.6. The van der Waals surface area contributed by atoms with Crippen molar-refractivity contribution >= 4 is 5.91 Å². The number of rotatable bonds is 3. The van der Waals surface area contributed by atoms with Crippen LogP contribution in [0.3, 0.4) is 0 Å². The van der Waals surface area contributed by atoms with Crippen molar-refractivity contribution in [3.05, 3.63) is 0 Å². The van der Waals surface area contributed by atoms with Crippen LogP contribution in [0.5, 0.6) is 0 Å². The number of carbonyl (C=O) groups excluding carboxylic acids is 1. The summed E-state index contributed by atoms with van der Waals surface area (Å²) in [5.74, 6) is 1.56. The molecule has 0 aromatic rings. The van der Waals surface area contributed by atoms with Crippen LogP contribution in [0.2, 0.25) is 0 Å². The van der Waals surface area contributed by atoms with Crippen LogP contribution in [0.4, 0.5) is 0 Å². The summed E-state index contributed by atoms with van der Waals surface area (Å²) in [7, 11) is 0. The summed E-state index contributed by atoms with van der Waals surface area (Å²) in [6, 6.07) is 0.315. The van der Waals surface area contributed by atoms with E-state index in [0.29, 0.717) is 24.4 Å². The average molecular weight is 252 g/mol. The van der Waals surface area contributed by atoms with Crippen LogP contribution >= 0.6 is 0 Å². The first-order valence-corrected chi connectivity index (χ1v) is 7.76. The number of hydrogen-bond donors (Lipinski definition) is 1. The fraction of sp³-hybridized carbons (Fsp3) is 0.933. The molecule has 0 spiro atoms. The summed E-state index contributed by atoms with van der Waals surface area (Å²) < 4.78 is 0. The van der Waals surface area contributed by atoms with E-state index in [-0.39, 0.29) is 0 Å². The molecule has 1 unspecified atom stereocenters. The van der Waals surface area contributed by atoms with Crippen molar-refractivity contribution in [1.29, 1.82) is 0 Å². The summed E-state index contributed by atoms with van der Waals surface area (Å²) in [5, 5.41) is 0. The van der Waals surface area contributed by atoms with Gasteiger partial charge >= 0.3 is 0 Å². The molecule has 104 valence electrons. The van der Waals surface area contributed by atoms with E-state index >= 15 is 0 Å². The molecule has 2 N–H and O–H groups in total. The molecule has 18 heavy (non-hydrogen) atoms. The van der Waals surface area contributed by atoms with Gasteiger partial charge in [0.2, 0.25) is 5.91 Å². The normalized spacial score (nSPS) is 33.4. The molecule has 0 aromatic carbocycles. The first kappa shape index (κ1) is 13.9. The molecule has 1 saturated heterocycles. The standard InChI is InChI=1S/C15H28N2O/c1-2-12-6-8-13(9-7-12)15(18)17-10-4-3-5-14(17)11-16/h12-14H,2-11,16H2,1H3. The van der Waals surface area contributed by atoms with E-state index in [0.717, 1.165) is 38.1 Å². The highest BCUT2D eigenvalue weighted by Crippen LogP contribution is 2.32. The van der Waals surface area contributed by atoms with Crippen LogP contribution in [0.1, 0.15) is 58.3 Å². The van der Waals surface area contributed by atoms with Crippen LogP contribution in [0, 0.1) is 11.8 Å². The Balaban J connectivity index is 1.90. The molecule has 1 heterocycles. The second-order valence-corrected chi connectivity index (χ2v) is 6.04. The third-order valence-corrected chi connectivity index (χ3v) is 4.96.